The molecule has 1 atom stereocenters. The highest BCUT2D eigenvalue weighted by Gasteiger charge is 2.49. The van der Waals surface area contributed by atoms with Crippen molar-refractivity contribution in [1.29, 1.82) is 0 Å². The van der Waals surface area contributed by atoms with Crippen molar-refractivity contribution in [2.75, 3.05) is 32.2 Å². The number of halogens is 1. The van der Waals surface area contributed by atoms with E-state index in [2.05, 4.69) is 22.3 Å². The molecular weight excluding hydrogens is 688 g/mol. The van der Waals surface area contributed by atoms with E-state index < -0.39 is 17.7 Å². The van der Waals surface area contributed by atoms with Gasteiger partial charge in [-0.3, -0.25) is 0 Å². The van der Waals surface area contributed by atoms with Gasteiger partial charge in [0.05, 0.1) is 37.2 Å². The standard InChI is InChI=1S/C38H39ClN6O5S/c1-37(2,3)50-36(47)43-32-26-9-7-6-8-24(26)20-38(32)15-18-44(19-16-38)34-31(35(46)49-5)42-29(21-40-34)51-28-14-17-45-22-27(41-33(45)30(28)39)23-10-12-25(48-4)13-11-23/h6-14,17,21-22,32H,15-16,18-20H2,1-5H3,(H,43,47)/t32-/m1/s1. The Morgan fingerprint density at radius 1 is 1.02 bits per heavy atom. The van der Waals surface area contributed by atoms with Crippen molar-refractivity contribution >= 4 is 46.9 Å². The summed E-state index contributed by atoms with van der Waals surface area (Å²) in [6.45, 7) is 6.81. The van der Waals surface area contributed by atoms with Gasteiger partial charge in [-0.15, -0.1) is 0 Å². The van der Waals surface area contributed by atoms with Crippen LogP contribution in [-0.2, 0) is 15.9 Å². The van der Waals surface area contributed by atoms with Crippen LogP contribution in [0.4, 0.5) is 10.6 Å². The van der Waals surface area contributed by atoms with Gasteiger partial charge in [-0.1, -0.05) is 47.6 Å². The van der Waals surface area contributed by atoms with Crippen LogP contribution in [0.25, 0.3) is 16.9 Å². The van der Waals surface area contributed by atoms with E-state index in [-0.39, 0.29) is 17.2 Å². The maximum absolute atomic E-state index is 13.1. The Bertz CT molecular complexity index is 2110. The first-order valence-corrected chi connectivity index (χ1v) is 17.9. The van der Waals surface area contributed by atoms with Gasteiger partial charge in [-0.05, 0) is 81.5 Å². The van der Waals surface area contributed by atoms with Crippen LogP contribution in [0.1, 0.15) is 61.3 Å². The summed E-state index contributed by atoms with van der Waals surface area (Å²) in [6, 6.07) is 17.6. The zero-order valence-corrected chi connectivity index (χ0v) is 30.7. The van der Waals surface area contributed by atoms with Crippen molar-refractivity contribution in [3.8, 4) is 17.0 Å². The Labute approximate surface area is 305 Å². The van der Waals surface area contributed by atoms with E-state index in [1.165, 1.54) is 24.4 Å². The third kappa shape index (κ3) is 6.94. The molecule has 13 heteroatoms. The number of benzene rings is 2. The number of nitrogens with zero attached hydrogens (tertiary/aromatic N) is 5. The van der Waals surface area contributed by atoms with Crippen LogP contribution in [0, 0.1) is 5.41 Å². The number of amides is 1. The van der Waals surface area contributed by atoms with E-state index in [0.717, 1.165) is 46.7 Å². The Balaban J connectivity index is 1.11. The summed E-state index contributed by atoms with van der Waals surface area (Å²) in [6.07, 6.45) is 7.41. The largest absolute Gasteiger partial charge is 0.497 e. The molecule has 1 spiro atoms. The van der Waals surface area contributed by atoms with Crippen molar-refractivity contribution in [1.82, 2.24) is 24.7 Å². The smallest absolute Gasteiger partial charge is 0.408 e. The first kappa shape index (κ1) is 34.6. The number of ether oxygens (including phenoxy) is 3. The molecule has 1 amide bonds. The lowest BCUT2D eigenvalue weighted by molar-refractivity contribution is 0.0426. The molecule has 1 aliphatic heterocycles. The van der Waals surface area contributed by atoms with Gasteiger partial charge in [0.15, 0.2) is 17.2 Å². The second-order valence-corrected chi connectivity index (χ2v) is 15.3. The molecule has 0 unspecified atom stereocenters. The number of nitrogens with one attached hydrogen (secondary N) is 1. The Hall–Kier alpha value is -4.81. The normalized spacial score (nSPS) is 16.6. The number of fused-ring (bicyclic) bond motifs is 2. The third-order valence-corrected chi connectivity index (χ3v) is 10.9. The van der Waals surface area contributed by atoms with Crippen molar-refractivity contribution in [2.45, 2.75) is 61.6 Å². The van der Waals surface area contributed by atoms with Crippen molar-refractivity contribution in [2.24, 2.45) is 5.41 Å². The Kier molecular flexibility index (Phi) is 9.32. The number of carbonyl (C=O) groups excluding carboxylic acids is 2. The van der Waals surface area contributed by atoms with Crippen LogP contribution in [0.2, 0.25) is 5.02 Å². The van der Waals surface area contributed by atoms with Gasteiger partial charge in [0.2, 0.25) is 0 Å². The molecule has 0 saturated carbocycles. The minimum absolute atomic E-state index is 0.136. The number of piperidine rings is 1. The number of carbonyl (C=O) groups is 2. The minimum atomic E-state index is -0.606. The summed E-state index contributed by atoms with van der Waals surface area (Å²) in [7, 11) is 2.97. The van der Waals surface area contributed by atoms with Gasteiger partial charge >= 0.3 is 12.1 Å². The Morgan fingerprint density at radius 2 is 1.76 bits per heavy atom. The van der Waals surface area contributed by atoms with E-state index in [4.69, 9.17) is 40.8 Å². The number of hydrogen-bond acceptors (Lipinski definition) is 10. The molecule has 264 valence electrons. The second kappa shape index (κ2) is 13.7. The fourth-order valence-electron chi connectivity index (χ4n) is 7.05. The second-order valence-electron chi connectivity index (χ2n) is 13.9. The van der Waals surface area contributed by atoms with Gasteiger partial charge in [0.1, 0.15) is 16.4 Å². The van der Waals surface area contributed by atoms with Crippen LogP contribution in [0.3, 0.4) is 0 Å². The summed E-state index contributed by atoms with van der Waals surface area (Å²) in [4.78, 5) is 43.2. The predicted octanol–water partition coefficient (Wildman–Crippen LogP) is 7.80. The van der Waals surface area contributed by atoms with Crippen molar-refractivity contribution in [3.63, 3.8) is 0 Å². The number of alkyl carbamates (subject to hydrolysis) is 1. The van der Waals surface area contributed by atoms with Crippen molar-refractivity contribution in [3.05, 3.63) is 95.0 Å². The molecule has 7 rings (SSSR count). The summed E-state index contributed by atoms with van der Waals surface area (Å²) in [5, 5.41) is 4.15. The molecule has 0 radical (unpaired) electrons. The van der Waals surface area contributed by atoms with Crippen LogP contribution in [-0.4, -0.2) is 64.3 Å². The highest BCUT2D eigenvalue weighted by atomic mass is 35.5. The van der Waals surface area contributed by atoms with Crippen LogP contribution < -0.4 is 15.0 Å². The summed E-state index contributed by atoms with van der Waals surface area (Å²) in [5.74, 6) is 0.659. The monoisotopic (exact) mass is 726 g/mol. The molecule has 1 fully saturated rings. The highest BCUT2D eigenvalue weighted by molar-refractivity contribution is 7.99. The quantitative estimate of drug-likeness (QED) is 0.166. The molecule has 1 aliphatic carbocycles. The average molecular weight is 727 g/mol. The highest BCUT2D eigenvalue weighted by Crippen LogP contribution is 2.52. The molecule has 4 heterocycles. The summed E-state index contributed by atoms with van der Waals surface area (Å²) < 4.78 is 18.0. The molecule has 5 aromatic rings. The number of anilines is 1. The number of hydrogen-bond donors (Lipinski definition) is 1. The fraction of sp³-hybridized carbons (Fsp3) is 0.342. The first-order chi connectivity index (χ1) is 24.5. The lowest BCUT2D eigenvalue weighted by Gasteiger charge is -2.44. The maximum atomic E-state index is 13.1. The summed E-state index contributed by atoms with van der Waals surface area (Å²) in [5.41, 5.74) is 3.98. The molecule has 1 N–H and O–H groups in total. The third-order valence-electron chi connectivity index (χ3n) is 9.48. The number of methoxy groups -OCH3 is 2. The lowest BCUT2D eigenvalue weighted by Crippen LogP contribution is -2.48. The van der Waals surface area contributed by atoms with Gasteiger partial charge < -0.3 is 28.8 Å². The van der Waals surface area contributed by atoms with Gasteiger partial charge in [-0.25, -0.2) is 24.5 Å². The molecule has 51 heavy (non-hydrogen) atoms. The lowest BCUT2D eigenvalue weighted by atomic mass is 9.72. The minimum Gasteiger partial charge on any atom is -0.497 e. The van der Waals surface area contributed by atoms with Gasteiger partial charge in [-0.2, -0.15) is 0 Å². The SMILES string of the molecule is COC(=O)c1nc(Sc2ccn3cc(-c4ccc(OC)cc4)nc3c2Cl)cnc1N1CCC2(CC1)Cc1ccccc1[C@H]2NC(=O)OC(C)(C)C. The number of pyridine rings is 1. The molecule has 2 aliphatic rings. The van der Waals surface area contributed by atoms with E-state index >= 15 is 0 Å². The molecule has 2 aromatic carbocycles. The predicted molar refractivity (Wildman–Crippen MR) is 196 cm³/mol. The molecule has 0 bridgehead atoms. The topological polar surface area (TPSA) is 120 Å². The maximum Gasteiger partial charge on any atom is 0.408 e. The number of rotatable bonds is 7. The molecule has 3 aromatic heterocycles. The van der Waals surface area contributed by atoms with Gasteiger partial charge in [0, 0.05) is 41.4 Å². The Morgan fingerprint density at radius 3 is 2.47 bits per heavy atom. The number of esters is 1. The van der Waals surface area contributed by atoms with E-state index in [1.54, 1.807) is 13.3 Å². The van der Waals surface area contributed by atoms with E-state index in [1.807, 2.05) is 80.0 Å². The summed E-state index contributed by atoms with van der Waals surface area (Å²) >= 11 is 8.18. The zero-order valence-electron chi connectivity index (χ0n) is 29.1. The van der Waals surface area contributed by atoms with Crippen LogP contribution in [0.15, 0.2) is 83.1 Å². The molecular formula is C38H39ClN6O5S. The van der Waals surface area contributed by atoms with Crippen molar-refractivity contribution < 1.29 is 23.8 Å². The first-order valence-electron chi connectivity index (χ1n) is 16.7. The zero-order chi connectivity index (χ0) is 35.9. The fourth-order valence-corrected chi connectivity index (χ4v) is 8.14. The van der Waals surface area contributed by atoms with Crippen LogP contribution >= 0.6 is 23.4 Å². The number of aromatic nitrogens is 4. The van der Waals surface area contributed by atoms with E-state index in [0.29, 0.717) is 34.6 Å². The average Bonchev–Trinajstić information content (AvgIpc) is 3.69. The van der Waals surface area contributed by atoms with Crippen LogP contribution in [0.5, 0.6) is 5.75 Å². The molecule has 1 saturated heterocycles. The number of imidazole rings is 1. The molecule has 11 nitrogen and oxygen atoms in total. The van der Waals surface area contributed by atoms with Gasteiger partial charge in [0.25, 0.3) is 0 Å². The van der Waals surface area contributed by atoms with E-state index in [9.17, 15) is 9.59 Å².